The van der Waals surface area contributed by atoms with E-state index >= 15 is 0 Å². The van der Waals surface area contributed by atoms with Crippen molar-refractivity contribution in [2.75, 3.05) is 32.6 Å². The second-order valence-corrected chi connectivity index (χ2v) is 9.81. The Balaban J connectivity index is 1.69. The summed E-state index contributed by atoms with van der Waals surface area (Å²) in [6, 6.07) is 12.8. The van der Waals surface area contributed by atoms with Crippen LogP contribution in [-0.4, -0.2) is 44.5 Å². The number of amides is 2. The lowest BCUT2D eigenvalue weighted by atomic mass is 10.1. The third kappa shape index (κ3) is 4.22. The molecular weight excluding hydrogens is 500 g/mol. The summed E-state index contributed by atoms with van der Waals surface area (Å²) in [5.41, 5.74) is 3.04. The van der Waals surface area contributed by atoms with E-state index in [1.54, 1.807) is 39.3 Å². The maximum absolute atomic E-state index is 13.3. The van der Waals surface area contributed by atoms with Gasteiger partial charge in [0.1, 0.15) is 5.75 Å². The molecule has 0 bridgehead atoms. The number of nitrogens with zero attached hydrogens (tertiary/aromatic N) is 2. The van der Waals surface area contributed by atoms with Crippen molar-refractivity contribution in [3.8, 4) is 16.2 Å². The lowest BCUT2D eigenvalue weighted by Crippen LogP contribution is -2.27. The van der Waals surface area contributed by atoms with Crippen molar-refractivity contribution in [2.24, 2.45) is 0 Å². The number of fused-ring (bicyclic) bond motifs is 3. The fourth-order valence-corrected chi connectivity index (χ4v) is 5.26. The van der Waals surface area contributed by atoms with Crippen molar-refractivity contribution in [1.82, 2.24) is 4.90 Å². The molecule has 0 radical (unpaired) electrons. The number of ether oxygens (including phenoxy) is 1. The average molecular weight is 520 g/mol. The van der Waals surface area contributed by atoms with E-state index in [1.165, 1.54) is 21.1 Å². The highest BCUT2D eigenvalue weighted by Crippen LogP contribution is 2.42. The van der Waals surface area contributed by atoms with Gasteiger partial charge in [-0.3, -0.25) is 9.59 Å². The monoisotopic (exact) mass is 518 g/mol. The number of rotatable bonds is 3. The van der Waals surface area contributed by atoms with Crippen LogP contribution < -0.4 is 9.64 Å². The Hall–Kier alpha value is -2.35. The van der Waals surface area contributed by atoms with Gasteiger partial charge in [-0.1, -0.05) is 27.5 Å². The molecule has 1 aliphatic heterocycles. The van der Waals surface area contributed by atoms with E-state index in [0.29, 0.717) is 27.8 Å². The molecule has 1 aliphatic rings. The highest BCUT2D eigenvalue weighted by atomic mass is 79.9. The summed E-state index contributed by atoms with van der Waals surface area (Å²) in [6.07, 6.45) is 0.725. The molecule has 8 heteroatoms. The summed E-state index contributed by atoms with van der Waals surface area (Å²) >= 11 is 11.3. The molecule has 160 valence electrons. The lowest BCUT2D eigenvalue weighted by Gasteiger charge is -2.19. The Morgan fingerprint density at radius 2 is 1.84 bits per heavy atom. The number of benzene rings is 2. The number of anilines is 1. The maximum Gasteiger partial charge on any atom is 0.268 e. The first-order valence-electron chi connectivity index (χ1n) is 9.61. The highest BCUT2D eigenvalue weighted by molar-refractivity contribution is 9.10. The van der Waals surface area contributed by atoms with Gasteiger partial charge in [-0.2, -0.15) is 0 Å². The quantitative estimate of drug-likeness (QED) is 0.443. The van der Waals surface area contributed by atoms with E-state index in [-0.39, 0.29) is 11.8 Å². The molecule has 0 atom stereocenters. The first-order chi connectivity index (χ1) is 14.8. The number of hydrogen-bond acceptors (Lipinski definition) is 4. The van der Waals surface area contributed by atoms with Crippen LogP contribution in [0.5, 0.6) is 5.75 Å². The zero-order valence-electron chi connectivity index (χ0n) is 17.2. The van der Waals surface area contributed by atoms with Crippen LogP contribution in [0.15, 0.2) is 46.9 Å². The van der Waals surface area contributed by atoms with E-state index in [9.17, 15) is 9.59 Å². The molecule has 0 N–H and O–H groups in total. The smallest absolute Gasteiger partial charge is 0.268 e. The topological polar surface area (TPSA) is 49.9 Å². The normalized spacial score (nSPS) is 12.3. The van der Waals surface area contributed by atoms with Crippen molar-refractivity contribution in [3.63, 3.8) is 0 Å². The van der Waals surface area contributed by atoms with Crippen molar-refractivity contribution in [1.29, 1.82) is 0 Å². The second-order valence-electron chi connectivity index (χ2n) is 7.43. The fourth-order valence-electron chi connectivity index (χ4n) is 3.46. The Labute approximate surface area is 198 Å². The molecule has 2 heterocycles. The van der Waals surface area contributed by atoms with E-state index < -0.39 is 0 Å². The number of carbonyl (C=O) groups is 2. The van der Waals surface area contributed by atoms with Gasteiger partial charge in [0.2, 0.25) is 0 Å². The summed E-state index contributed by atoms with van der Waals surface area (Å²) in [5.74, 6) is 0.485. The van der Waals surface area contributed by atoms with Crippen LogP contribution >= 0.6 is 38.9 Å². The van der Waals surface area contributed by atoms with Crippen LogP contribution in [0.3, 0.4) is 0 Å². The van der Waals surface area contributed by atoms with Crippen LogP contribution in [0.4, 0.5) is 5.69 Å². The molecule has 3 aromatic rings. The minimum absolute atomic E-state index is 0.149. The van der Waals surface area contributed by atoms with Gasteiger partial charge >= 0.3 is 0 Å². The zero-order valence-corrected chi connectivity index (χ0v) is 20.4. The van der Waals surface area contributed by atoms with E-state index in [0.717, 1.165) is 32.6 Å². The van der Waals surface area contributed by atoms with Crippen molar-refractivity contribution < 1.29 is 14.3 Å². The summed E-state index contributed by atoms with van der Waals surface area (Å²) in [4.78, 5) is 30.3. The molecule has 2 aromatic carbocycles. The van der Waals surface area contributed by atoms with Gasteiger partial charge in [0.05, 0.1) is 22.2 Å². The lowest BCUT2D eigenvalue weighted by molar-refractivity contribution is 0.0827. The minimum atomic E-state index is -0.172. The first-order valence-corrected chi connectivity index (χ1v) is 11.6. The van der Waals surface area contributed by atoms with Gasteiger partial charge in [0.15, 0.2) is 0 Å². The van der Waals surface area contributed by atoms with E-state index in [2.05, 4.69) is 15.9 Å². The third-order valence-corrected chi connectivity index (χ3v) is 7.11. The number of hydrogen-bond donors (Lipinski definition) is 0. The van der Waals surface area contributed by atoms with E-state index in [1.807, 2.05) is 24.3 Å². The number of halogens is 2. The third-order valence-electron chi connectivity index (χ3n) is 5.10. The second kappa shape index (κ2) is 8.65. The number of carbonyl (C=O) groups excluding carboxylic acids is 2. The Morgan fingerprint density at radius 3 is 2.58 bits per heavy atom. The Morgan fingerprint density at radius 1 is 1.06 bits per heavy atom. The molecule has 0 unspecified atom stereocenters. The molecule has 4 rings (SSSR count). The van der Waals surface area contributed by atoms with Crippen LogP contribution in [0.2, 0.25) is 5.02 Å². The molecule has 2 amide bonds. The fraction of sp³-hybridized carbons (Fsp3) is 0.217. The van der Waals surface area contributed by atoms with Crippen LogP contribution in [0.25, 0.3) is 10.4 Å². The predicted molar refractivity (Wildman–Crippen MR) is 129 cm³/mol. The standard InChI is InChI=1S/C23H20BrClN2O3S/c1-26(2)22(28)14-4-7-17(25)18(10-14)27(3)23(29)20-11-13-8-9-30-19-12-15(24)5-6-16(19)21(13)31-20/h4-7,10-12H,8-9H2,1-3H3. The average Bonchev–Trinajstić information content (AvgIpc) is 3.09. The maximum atomic E-state index is 13.3. The van der Waals surface area contributed by atoms with Gasteiger partial charge < -0.3 is 14.5 Å². The summed E-state index contributed by atoms with van der Waals surface area (Å²) in [7, 11) is 5.04. The summed E-state index contributed by atoms with van der Waals surface area (Å²) in [6.45, 7) is 0.553. The van der Waals surface area contributed by atoms with Crippen LogP contribution in [-0.2, 0) is 6.42 Å². The van der Waals surface area contributed by atoms with Crippen LogP contribution in [0.1, 0.15) is 25.6 Å². The SMILES string of the molecule is CN(C)C(=O)c1ccc(Cl)c(N(C)C(=O)c2cc3c(s2)-c2ccc(Br)cc2OCC3)c1. The molecule has 0 spiro atoms. The van der Waals surface area contributed by atoms with Crippen molar-refractivity contribution >= 4 is 56.4 Å². The van der Waals surface area contributed by atoms with Crippen molar-refractivity contribution in [2.45, 2.75) is 6.42 Å². The molecule has 0 saturated carbocycles. The van der Waals surface area contributed by atoms with Gasteiger partial charge in [-0.15, -0.1) is 11.3 Å². The molecule has 5 nitrogen and oxygen atoms in total. The first kappa shape index (κ1) is 21.9. The molecule has 31 heavy (non-hydrogen) atoms. The number of thiophene rings is 1. The highest BCUT2D eigenvalue weighted by Gasteiger charge is 2.25. The summed E-state index contributed by atoms with van der Waals surface area (Å²) in [5, 5.41) is 0.410. The van der Waals surface area contributed by atoms with E-state index in [4.69, 9.17) is 16.3 Å². The molecule has 0 aliphatic carbocycles. The molecule has 0 fully saturated rings. The molecular formula is C23H20BrClN2O3S. The van der Waals surface area contributed by atoms with Gasteiger partial charge in [-0.05, 0) is 48.0 Å². The van der Waals surface area contributed by atoms with Gasteiger partial charge in [-0.25, -0.2) is 0 Å². The Kier molecular flexibility index (Phi) is 6.10. The van der Waals surface area contributed by atoms with Gasteiger partial charge in [0.25, 0.3) is 11.8 Å². The predicted octanol–water partition coefficient (Wildman–Crippen LogP) is 5.74. The zero-order chi connectivity index (χ0) is 22.3. The van der Waals surface area contributed by atoms with Crippen molar-refractivity contribution in [3.05, 3.63) is 68.0 Å². The minimum Gasteiger partial charge on any atom is -0.493 e. The summed E-state index contributed by atoms with van der Waals surface area (Å²) < 4.78 is 6.83. The Bertz CT molecular complexity index is 1190. The largest absolute Gasteiger partial charge is 0.493 e. The molecule has 0 saturated heterocycles. The van der Waals surface area contributed by atoms with Crippen LogP contribution in [0, 0.1) is 0 Å². The molecule has 1 aromatic heterocycles. The van der Waals surface area contributed by atoms with Gasteiger partial charge in [0, 0.05) is 48.0 Å².